The lowest BCUT2D eigenvalue weighted by Crippen LogP contribution is -2.00. The molecule has 3 rings (SSSR count). The number of epoxide rings is 1. The summed E-state index contributed by atoms with van der Waals surface area (Å²) in [4.78, 5) is 0. The molecule has 4 heteroatoms. The minimum absolute atomic E-state index is 0.208. The molecule has 2 heterocycles. The summed E-state index contributed by atoms with van der Waals surface area (Å²) in [5.41, 5.74) is 1.03. The Hall–Kier alpha value is -1.99. The summed E-state index contributed by atoms with van der Waals surface area (Å²) >= 11 is 0. The highest BCUT2D eigenvalue weighted by Gasteiger charge is 2.43. The van der Waals surface area contributed by atoms with Gasteiger partial charge in [0.15, 0.2) is 18.2 Å². The highest BCUT2D eigenvalue weighted by Crippen LogP contribution is 2.40. The molecule has 4 nitrogen and oxygen atoms in total. The molecule has 1 aliphatic rings. The summed E-state index contributed by atoms with van der Waals surface area (Å²) in [6.45, 7) is 0. The number of para-hydroxylation sites is 1. The predicted molar refractivity (Wildman–Crippen MR) is 58.0 cm³/mol. The molecule has 1 saturated heterocycles. The van der Waals surface area contributed by atoms with Crippen LogP contribution in [0.1, 0.15) is 6.23 Å². The maximum atomic E-state index is 8.78. The van der Waals surface area contributed by atoms with Gasteiger partial charge in [-0.2, -0.15) is 5.26 Å². The Balaban J connectivity index is 2.18. The molecule has 2 atom stereocenters. The Morgan fingerprint density at radius 2 is 2.25 bits per heavy atom. The smallest absolute Gasteiger partial charge is 0.196 e. The molecular weight excluding hydrogens is 204 g/mol. The second-order valence-electron chi connectivity index (χ2n) is 3.69. The van der Waals surface area contributed by atoms with Gasteiger partial charge in [-0.15, -0.1) is 0 Å². The third-order valence-corrected chi connectivity index (χ3v) is 2.77. The van der Waals surface area contributed by atoms with E-state index in [9.17, 15) is 0 Å². The van der Waals surface area contributed by atoms with Gasteiger partial charge in [-0.05, 0) is 6.07 Å². The standard InChI is InChI=1S/C12H10N2O2/c1-15-11-6-8-4-2-3-5-9(8)14(11)12-10(7-13)16-12/h2-6,10,12H,1H3. The van der Waals surface area contributed by atoms with Gasteiger partial charge in [-0.3, -0.25) is 4.57 Å². The number of ether oxygens (including phenoxy) is 2. The highest BCUT2D eigenvalue weighted by atomic mass is 16.6. The van der Waals surface area contributed by atoms with Gasteiger partial charge in [0.25, 0.3) is 0 Å². The average Bonchev–Trinajstić information content (AvgIpc) is 3.01. The number of nitrogens with zero attached hydrogens (tertiary/aromatic N) is 2. The van der Waals surface area contributed by atoms with E-state index in [-0.39, 0.29) is 12.3 Å². The summed E-state index contributed by atoms with van der Waals surface area (Å²) in [5.74, 6) is 0.726. The molecule has 0 saturated carbocycles. The molecule has 1 aromatic carbocycles. The largest absolute Gasteiger partial charge is 0.482 e. The Labute approximate surface area is 92.6 Å². The Morgan fingerprint density at radius 3 is 2.94 bits per heavy atom. The lowest BCUT2D eigenvalue weighted by atomic mass is 10.2. The first-order chi connectivity index (χ1) is 7.85. The fourth-order valence-corrected chi connectivity index (χ4v) is 1.97. The molecule has 0 radical (unpaired) electrons. The Morgan fingerprint density at radius 1 is 1.44 bits per heavy atom. The summed E-state index contributed by atoms with van der Waals surface area (Å²) in [6, 6.07) is 12.0. The quantitative estimate of drug-likeness (QED) is 0.719. The van der Waals surface area contributed by atoms with Crippen molar-refractivity contribution in [2.75, 3.05) is 7.11 Å². The van der Waals surface area contributed by atoms with Crippen LogP contribution in [0.2, 0.25) is 0 Å². The van der Waals surface area contributed by atoms with Crippen molar-refractivity contribution in [3.05, 3.63) is 30.3 Å². The first-order valence-electron chi connectivity index (χ1n) is 5.04. The topological polar surface area (TPSA) is 50.5 Å². The highest BCUT2D eigenvalue weighted by molar-refractivity contribution is 5.82. The van der Waals surface area contributed by atoms with Crippen LogP contribution in [0.4, 0.5) is 0 Å². The van der Waals surface area contributed by atoms with Crippen molar-refractivity contribution >= 4 is 10.9 Å². The molecule has 1 aromatic heterocycles. The van der Waals surface area contributed by atoms with Gasteiger partial charge in [0.1, 0.15) is 0 Å². The van der Waals surface area contributed by atoms with Crippen molar-refractivity contribution in [3.63, 3.8) is 0 Å². The lowest BCUT2D eigenvalue weighted by Gasteiger charge is -2.04. The fraction of sp³-hybridized carbons (Fsp3) is 0.250. The van der Waals surface area contributed by atoms with Crippen LogP contribution < -0.4 is 4.74 Å². The van der Waals surface area contributed by atoms with Gasteiger partial charge in [0.2, 0.25) is 0 Å². The summed E-state index contributed by atoms with van der Waals surface area (Å²) in [6.07, 6.45) is -0.565. The first-order valence-corrected chi connectivity index (χ1v) is 5.04. The molecule has 1 fully saturated rings. The summed E-state index contributed by atoms with van der Waals surface area (Å²) in [5, 5.41) is 9.87. The number of aromatic nitrogens is 1. The third kappa shape index (κ3) is 1.19. The van der Waals surface area contributed by atoms with Gasteiger partial charge >= 0.3 is 0 Å². The molecule has 0 spiro atoms. The zero-order valence-corrected chi connectivity index (χ0v) is 8.75. The zero-order chi connectivity index (χ0) is 11.1. The van der Waals surface area contributed by atoms with Crippen LogP contribution >= 0.6 is 0 Å². The van der Waals surface area contributed by atoms with Crippen LogP contribution in [0.5, 0.6) is 5.88 Å². The van der Waals surface area contributed by atoms with E-state index >= 15 is 0 Å². The van der Waals surface area contributed by atoms with E-state index in [1.54, 1.807) is 7.11 Å². The van der Waals surface area contributed by atoms with Crippen molar-refractivity contribution in [1.29, 1.82) is 5.26 Å². The maximum absolute atomic E-state index is 8.78. The van der Waals surface area contributed by atoms with E-state index in [0.29, 0.717) is 0 Å². The molecular formula is C12H10N2O2. The third-order valence-electron chi connectivity index (χ3n) is 2.77. The van der Waals surface area contributed by atoms with Crippen LogP contribution in [-0.2, 0) is 4.74 Å². The first kappa shape index (κ1) is 9.25. The zero-order valence-electron chi connectivity index (χ0n) is 8.75. The number of hydrogen-bond donors (Lipinski definition) is 0. The number of nitriles is 1. The number of benzene rings is 1. The van der Waals surface area contributed by atoms with Crippen LogP contribution in [0.25, 0.3) is 10.9 Å². The van der Waals surface area contributed by atoms with Gasteiger partial charge in [-0.1, -0.05) is 18.2 Å². The van der Waals surface area contributed by atoms with Crippen LogP contribution in [0, 0.1) is 11.3 Å². The molecule has 0 bridgehead atoms. The van der Waals surface area contributed by atoms with Crippen molar-refractivity contribution in [1.82, 2.24) is 4.57 Å². The van der Waals surface area contributed by atoms with E-state index in [4.69, 9.17) is 14.7 Å². The van der Waals surface area contributed by atoms with E-state index < -0.39 is 0 Å². The number of rotatable bonds is 2. The van der Waals surface area contributed by atoms with Crippen molar-refractivity contribution in [2.24, 2.45) is 0 Å². The number of methoxy groups -OCH3 is 1. The van der Waals surface area contributed by atoms with Crippen LogP contribution in [0.15, 0.2) is 30.3 Å². The van der Waals surface area contributed by atoms with Gasteiger partial charge in [0, 0.05) is 11.5 Å². The maximum Gasteiger partial charge on any atom is 0.196 e. The van der Waals surface area contributed by atoms with Crippen molar-refractivity contribution < 1.29 is 9.47 Å². The van der Waals surface area contributed by atoms with E-state index in [1.165, 1.54) is 0 Å². The lowest BCUT2D eigenvalue weighted by molar-refractivity contribution is 0.311. The monoisotopic (exact) mass is 214 g/mol. The van der Waals surface area contributed by atoms with Crippen molar-refractivity contribution in [2.45, 2.75) is 12.3 Å². The van der Waals surface area contributed by atoms with E-state index in [2.05, 4.69) is 6.07 Å². The molecule has 1 aliphatic heterocycles. The molecule has 2 unspecified atom stereocenters. The van der Waals surface area contributed by atoms with Gasteiger partial charge < -0.3 is 9.47 Å². The minimum Gasteiger partial charge on any atom is -0.482 e. The second-order valence-corrected chi connectivity index (χ2v) is 3.69. The molecule has 2 aromatic rings. The molecule has 0 N–H and O–H groups in total. The van der Waals surface area contributed by atoms with E-state index in [0.717, 1.165) is 16.8 Å². The molecule has 0 aliphatic carbocycles. The van der Waals surface area contributed by atoms with Gasteiger partial charge in [0.05, 0.1) is 18.7 Å². The summed E-state index contributed by atoms with van der Waals surface area (Å²) in [7, 11) is 1.62. The second kappa shape index (κ2) is 3.26. The molecule has 16 heavy (non-hydrogen) atoms. The van der Waals surface area contributed by atoms with Crippen LogP contribution in [0.3, 0.4) is 0 Å². The van der Waals surface area contributed by atoms with Crippen molar-refractivity contribution in [3.8, 4) is 11.9 Å². The fourth-order valence-electron chi connectivity index (χ4n) is 1.97. The normalized spacial score (nSPS) is 23.0. The molecule has 0 amide bonds. The molecule has 80 valence electrons. The Bertz CT molecular complexity index is 582. The average molecular weight is 214 g/mol. The predicted octanol–water partition coefficient (Wildman–Crippen LogP) is 2.07. The van der Waals surface area contributed by atoms with Crippen LogP contribution in [-0.4, -0.2) is 17.8 Å². The Kier molecular flexibility index (Phi) is 1.88. The summed E-state index contributed by atoms with van der Waals surface area (Å²) < 4.78 is 12.5. The number of hydrogen-bond acceptors (Lipinski definition) is 3. The van der Waals surface area contributed by atoms with E-state index in [1.807, 2.05) is 34.9 Å². The minimum atomic E-state index is -0.357. The van der Waals surface area contributed by atoms with Gasteiger partial charge in [-0.25, -0.2) is 0 Å². The number of fused-ring (bicyclic) bond motifs is 1. The SMILES string of the molecule is COc1cc2ccccc2n1C1OC1C#N.